The average molecular weight is 450 g/mol. The Hall–Kier alpha value is -3.16. The number of hydrogen-bond donors (Lipinski definition) is 0. The van der Waals surface area contributed by atoms with Gasteiger partial charge in [0.2, 0.25) is 5.89 Å². The van der Waals surface area contributed by atoms with E-state index in [0.717, 1.165) is 11.3 Å². The maximum atomic E-state index is 12.8. The molecule has 0 saturated carbocycles. The molecule has 1 atom stereocenters. The molecule has 1 fully saturated rings. The second kappa shape index (κ2) is 11.1. The molecule has 1 aromatic heterocycles. The lowest BCUT2D eigenvalue weighted by Gasteiger charge is -2.28. The Morgan fingerprint density at radius 1 is 1.09 bits per heavy atom. The van der Waals surface area contributed by atoms with Crippen LogP contribution in [0.1, 0.15) is 47.4 Å². The molecule has 0 spiro atoms. The molecule has 174 valence electrons. The van der Waals surface area contributed by atoms with Gasteiger partial charge < -0.3 is 18.8 Å². The minimum atomic E-state index is -0.109. The predicted molar refractivity (Wildman–Crippen MR) is 125 cm³/mol. The predicted octanol–water partition coefficient (Wildman–Crippen LogP) is 4.31. The smallest absolute Gasteiger partial charge is 0.275 e. The summed E-state index contributed by atoms with van der Waals surface area (Å²) < 4.78 is 16.6. The number of carbonyl (C=O) groups is 1. The fourth-order valence-corrected chi connectivity index (χ4v) is 3.95. The fourth-order valence-electron chi connectivity index (χ4n) is 3.95. The highest BCUT2D eigenvalue weighted by molar-refractivity contribution is 5.92. The summed E-state index contributed by atoms with van der Waals surface area (Å²) in [6, 6.07) is 18.6. The highest BCUT2D eigenvalue weighted by Crippen LogP contribution is 2.25. The van der Waals surface area contributed by atoms with Gasteiger partial charge in [0.15, 0.2) is 5.69 Å². The van der Waals surface area contributed by atoms with Crippen molar-refractivity contribution < 1.29 is 18.7 Å². The molecule has 1 saturated heterocycles. The Labute approximate surface area is 194 Å². The van der Waals surface area contributed by atoms with E-state index >= 15 is 0 Å². The van der Waals surface area contributed by atoms with Gasteiger partial charge in [-0.15, -0.1) is 0 Å². The molecule has 7 nitrogen and oxygen atoms in total. The zero-order chi connectivity index (χ0) is 23.0. The molecule has 0 N–H and O–H groups in total. The van der Waals surface area contributed by atoms with E-state index in [4.69, 9.17) is 13.9 Å². The standard InChI is InChI=1S/C26H31N3O4/c1-3-32-23-11-9-21(10-12-23)17-29(20(2)22-7-5-4-6-8-22)18-25-27-24(19-33-25)26(30)28-13-15-31-16-14-28/h4-12,19-20H,3,13-18H2,1-2H3. The Morgan fingerprint density at radius 2 is 1.82 bits per heavy atom. The first-order chi connectivity index (χ1) is 16.1. The molecule has 0 aliphatic carbocycles. The lowest BCUT2D eigenvalue weighted by Crippen LogP contribution is -2.40. The minimum absolute atomic E-state index is 0.109. The maximum Gasteiger partial charge on any atom is 0.275 e. The summed E-state index contributed by atoms with van der Waals surface area (Å²) in [5.41, 5.74) is 2.72. The molecule has 1 aliphatic rings. The van der Waals surface area contributed by atoms with Crippen molar-refractivity contribution >= 4 is 5.91 Å². The summed E-state index contributed by atoms with van der Waals surface area (Å²) in [4.78, 5) is 21.3. The van der Waals surface area contributed by atoms with Gasteiger partial charge in [0.25, 0.3) is 5.91 Å². The van der Waals surface area contributed by atoms with E-state index in [1.54, 1.807) is 4.90 Å². The first-order valence-electron chi connectivity index (χ1n) is 11.5. The van der Waals surface area contributed by atoms with Gasteiger partial charge in [-0.2, -0.15) is 0 Å². The van der Waals surface area contributed by atoms with Crippen LogP contribution in [0.3, 0.4) is 0 Å². The van der Waals surface area contributed by atoms with Crippen molar-refractivity contribution in [2.24, 2.45) is 0 Å². The van der Waals surface area contributed by atoms with Gasteiger partial charge >= 0.3 is 0 Å². The van der Waals surface area contributed by atoms with E-state index < -0.39 is 0 Å². The van der Waals surface area contributed by atoms with Crippen LogP contribution in [0.2, 0.25) is 0 Å². The molecule has 1 unspecified atom stereocenters. The molecular formula is C26H31N3O4. The van der Waals surface area contributed by atoms with Crippen LogP contribution >= 0.6 is 0 Å². The number of hydrogen-bond acceptors (Lipinski definition) is 6. The van der Waals surface area contributed by atoms with Crippen molar-refractivity contribution in [1.82, 2.24) is 14.8 Å². The van der Waals surface area contributed by atoms with Crippen LogP contribution in [0.5, 0.6) is 5.75 Å². The Morgan fingerprint density at radius 3 is 2.52 bits per heavy atom. The van der Waals surface area contributed by atoms with E-state index in [9.17, 15) is 4.79 Å². The molecule has 2 aromatic carbocycles. The second-order valence-electron chi connectivity index (χ2n) is 8.10. The first kappa shape index (κ1) is 23.0. The molecule has 0 bridgehead atoms. The number of carbonyl (C=O) groups excluding carboxylic acids is 1. The molecule has 1 aliphatic heterocycles. The molecule has 33 heavy (non-hydrogen) atoms. The summed E-state index contributed by atoms with van der Waals surface area (Å²) in [5, 5.41) is 0. The lowest BCUT2D eigenvalue weighted by molar-refractivity contribution is 0.0299. The highest BCUT2D eigenvalue weighted by atomic mass is 16.5. The average Bonchev–Trinajstić information content (AvgIpc) is 3.33. The van der Waals surface area contributed by atoms with Gasteiger partial charge in [-0.25, -0.2) is 4.98 Å². The number of amides is 1. The van der Waals surface area contributed by atoms with Crippen molar-refractivity contribution in [2.75, 3.05) is 32.9 Å². The minimum Gasteiger partial charge on any atom is -0.494 e. The summed E-state index contributed by atoms with van der Waals surface area (Å²) in [7, 11) is 0. The van der Waals surface area contributed by atoms with Crippen molar-refractivity contribution in [1.29, 1.82) is 0 Å². The van der Waals surface area contributed by atoms with Crippen LogP contribution in [0.25, 0.3) is 0 Å². The topological polar surface area (TPSA) is 68.0 Å². The van der Waals surface area contributed by atoms with Gasteiger partial charge in [0, 0.05) is 25.7 Å². The van der Waals surface area contributed by atoms with Crippen molar-refractivity contribution in [3.63, 3.8) is 0 Å². The van der Waals surface area contributed by atoms with Gasteiger partial charge in [-0.3, -0.25) is 9.69 Å². The maximum absolute atomic E-state index is 12.8. The third kappa shape index (κ3) is 6.00. The number of rotatable bonds is 9. The summed E-state index contributed by atoms with van der Waals surface area (Å²) in [6.45, 7) is 8.26. The third-order valence-electron chi connectivity index (χ3n) is 5.86. The quantitative estimate of drug-likeness (QED) is 0.485. The van der Waals surface area contributed by atoms with Gasteiger partial charge in [-0.05, 0) is 37.1 Å². The Bertz CT molecular complexity index is 1010. The number of aromatic nitrogens is 1. The molecule has 0 radical (unpaired) electrons. The van der Waals surface area contributed by atoms with Crippen LogP contribution in [0.4, 0.5) is 0 Å². The van der Waals surface area contributed by atoms with E-state index in [0.29, 0.717) is 57.6 Å². The normalized spacial score (nSPS) is 14.9. The number of ether oxygens (including phenoxy) is 2. The van der Waals surface area contributed by atoms with Crippen LogP contribution < -0.4 is 4.74 Å². The monoisotopic (exact) mass is 449 g/mol. The van der Waals surface area contributed by atoms with Gasteiger partial charge in [-0.1, -0.05) is 42.5 Å². The summed E-state index contributed by atoms with van der Waals surface area (Å²) in [5.74, 6) is 1.28. The van der Waals surface area contributed by atoms with Crippen molar-refractivity contribution in [3.05, 3.63) is 83.6 Å². The first-order valence-corrected chi connectivity index (χ1v) is 11.5. The number of nitrogens with zero attached hydrogens (tertiary/aromatic N) is 3. The molecule has 2 heterocycles. The molecular weight excluding hydrogens is 418 g/mol. The van der Waals surface area contributed by atoms with Crippen molar-refractivity contribution in [3.8, 4) is 5.75 Å². The zero-order valence-corrected chi connectivity index (χ0v) is 19.3. The van der Waals surface area contributed by atoms with E-state index in [2.05, 4.69) is 41.1 Å². The van der Waals surface area contributed by atoms with E-state index in [-0.39, 0.29) is 11.9 Å². The van der Waals surface area contributed by atoms with Crippen molar-refractivity contribution in [2.45, 2.75) is 33.0 Å². The van der Waals surface area contributed by atoms with Crippen LogP contribution in [-0.4, -0.2) is 53.6 Å². The zero-order valence-electron chi connectivity index (χ0n) is 19.3. The SMILES string of the molecule is CCOc1ccc(CN(Cc2nc(C(=O)N3CCOCC3)co2)C(C)c2ccccc2)cc1. The van der Waals surface area contributed by atoms with Gasteiger partial charge in [0.1, 0.15) is 12.0 Å². The molecule has 7 heteroatoms. The van der Waals surface area contributed by atoms with E-state index in [1.807, 2.05) is 37.3 Å². The fraction of sp³-hybridized carbons (Fsp3) is 0.385. The number of oxazole rings is 1. The number of morpholine rings is 1. The number of benzene rings is 2. The Kier molecular flexibility index (Phi) is 7.75. The second-order valence-corrected chi connectivity index (χ2v) is 8.10. The molecule has 4 rings (SSSR count). The third-order valence-corrected chi connectivity index (χ3v) is 5.86. The van der Waals surface area contributed by atoms with Gasteiger partial charge in [0.05, 0.1) is 26.4 Å². The molecule has 3 aromatic rings. The Balaban J connectivity index is 1.51. The van der Waals surface area contributed by atoms with Crippen LogP contribution in [0, 0.1) is 0 Å². The largest absolute Gasteiger partial charge is 0.494 e. The van der Waals surface area contributed by atoms with Crippen LogP contribution in [-0.2, 0) is 17.8 Å². The highest BCUT2D eigenvalue weighted by Gasteiger charge is 2.24. The van der Waals surface area contributed by atoms with Crippen LogP contribution in [0.15, 0.2) is 65.3 Å². The summed E-state index contributed by atoms with van der Waals surface area (Å²) in [6.07, 6.45) is 1.47. The summed E-state index contributed by atoms with van der Waals surface area (Å²) >= 11 is 0. The lowest BCUT2D eigenvalue weighted by atomic mass is 10.1. The van der Waals surface area contributed by atoms with E-state index in [1.165, 1.54) is 11.8 Å². The molecule has 1 amide bonds.